The monoisotopic (exact) mass is 591 g/mol. The molecule has 4 rings (SSSR count). The molecular formula is C32H34ClN3O4S. The number of amides is 2. The van der Waals surface area contributed by atoms with E-state index in [0.717, 1.165) is 27.1 Å². The van der Waals surface area contributed by atoms with E-state index in [-0.39, 0.29) is 23.8 Å². The highest BCUT2D eigenvalue weighted by Gasteiger charge is 2.33. The third-order valence-electron chi connectivity index (χ3n) is 6.91. The summed E-state index contributed by atoms with van der Waals surface area (Å²) < 4.78 is 28.1. The van der Waals surface area contributed by atoms with Gasteiger partial charge in [-0.05, 0) is 46.5 Å². The van der Waals surface area contributed by atoms with Crippen molar-refractivity contribution < 1.29 is 18.0 Å². The molecular weight excluding hydrogens is 558 g/mol. The van der Waals surface area contributed by atoms with E-state index in [1.807, 2.05) is 67.6 Å². The molecule has 214 valence electrons. The Bertz CT molecular complexity index is 1610. The van der Waals surface area contributed by atoms with Gasteiger partial charge in [-0.2, -0.15) is 4.31 Å². The molecule has 9 heteroatoms. The predicted octanol–water partition coefficient (Wildman–Crippen LogP) is 5.28. The number of rotatable bonds is 12. The Hall–Kier alpha value is -3.72. The molecule has 0 fully saturated rings. The van der Waals surface area contributed by atoms with Crippen molar-refractivity contribution in [2.75, 3.05) is 20.1 Å². The van der Waals surface area contributed by atoms with Crippen LogP contribution in [-0.4, -0.2) is 55.6 Å². The van der Waals surface area contributed by atoms with Crippen LogP contribution in [0.5, 0.6) is 0 Å². The number of sulfonamides is 1. The molecule has 0 aliphatic rings. The molecule has 0 bridgehead atoms. The summed E-state index contributed by atoms with van der Waals surface area (Å²) in [5.74, 6) is -0.819. The molecule has 0 aromatic heterocycles. The number of halogens is 1. The molecule has 7 nitrogen and oxygen atoms in total. The van der Waals surface area contributed by atoms with Crippen LogP contribution in [0.25, 0.3) is 10.8 Å². The Labute approximate surface area is 246 Å². The summed E-state index contributed by atoms with van der Waals surface area (Å²) in [7, 11) is -2.63. The largest absolute Gasteiger partial charge is 0.354 e. The molecule has 0 saturated carbocycles. The van der Waals surface area contributed by atoms with Crippen molar-refractivity contribution >= 4 is 44.2 Å². The minimum absolute atomic E-state index is 0.0411. The van der Waals surface area contributed by atoms with Crippen molar-refractivity contribution in [1.29, 1.82) is 0 Å². The number of likely N-dealkylation sites (N-methyl/N-ethyl adjacent to an activating group) is 1. The van der Waals surface area contributed by atoms with E-state index in [2.05, 4.69) is 5.32 Å². The number of carbonyl (C=O) groups excluding carboxylic acids is 2. The second-order valence-electron chi connectivity index (χ2n) is 9.88. The summed E-state index contributed by atoms with van der Waals surface area (Å²) in [6.45, 7) is 1.99. The maximum atomic E-state index is 14.0. The summed E-state index contributed by atoms with van der Waals surface area (Å²) in [6, 6.07) is 28.0. The first-order valence-corrected chi connectivity index (χ1v) is 15.3. The smallest absolute Gasteiger partial charge is 0.243 e. The molecule has 0 saturated heterocycles. The zero-order valence-electron chi connectivity index (χ0n) is 23.2. The fourth-order valence-electron chi connectivity index (χ4n) is 4.60. The molecule has 4 aromatic carbocycles. The van der Waals surface area contributed by atoms with Crippen molar-refractivity contribution in [1.82, 2.24) is 14.5 Å². The lowest BCUT2D eigenvalue weighted by Crippen LogP contribution is -2.53. The number of hydrogen-bond donors (Lipinski definition) is 1. The van der Waals surface area contributed by atoms with Gasteiger partial charge in [-0.1, -0.05) is 97.4 Å². The Kier molecular flexibility index (Phi) is 10.2. The number of nitrogens with one attached hydrogen (secondary N) is 1. The Balaban J connectivity index is 1.67. The van der Waals surface area contributed by atoms with Crippen LogP contribution in [0.3, 0.4) is 0 Å². The number of nitrogens with zero attached hydrogens (tertiary/aromatic N) is 2. The van der Waals surface area contributed by atoms with Gasteiger partial charge in [-0.25, -0.2) is 8.42 Å². The molecule has 4 aromatic rings. The fourth-order valence-corrected chi connectivity index (χ4v) is 5.96. The summed E-state index contributed by atoms with van der Waals surface area (Å²) in [4.78, 5) is 29.0. The highest BCUT2D eigenvalue weighted by atomic mass is 35.5. The van der Waals surface area contributed by atoms with Crippen LogP contribution in [0.4, 0.5) is 0 Å². The number of benzene rings is 4. The van der Waals surface area contributed by atoms with Gasteiger partial charge >= 0.3 is 0 Å². The van der Waals surface area contributed by atoms with Crippen LogP contribution >= 0.6 is 11.6 Å². The Morgan fingerprint density at radius 3 is 2.24 bits per heavy atom. The van der Waals surface area contributed by atoms with Gasteiger partial charge in [0.15, 0.2) is 0 Å². The first-order chi connectivity index (χ1) is 19.7. The summed E-state index contributed by atoms with van der Waals surface area (Å²) in [5.41, 5.74) is 1.53. The van der Waals surface area contributed by atoms with E-state index in [0.29, 0.717) is 17.1 Å². The average Bonchev–Trinajstić information content (AvgIpc) is 2.98. The van der Waals surface area contributed by atoms with Crippen molar-refractivity contribution in [2.45, 2.75) is 37.2 Å². The van der Waals surface area contributed by atoms with Gasteiger partial charge in [0, 0.05) is 31.6 Å². The van der Waals surface area contributed by atoms with Gasteiger partial charge in [0.05, 0.1) is 11.4 Å². The third kappa shape index (κ3) is 7.52. The molecule has 0 spiro atoms. The Morgan fingerprint density at radius 1 is 0.878 bits per heavy atom. The number of fused-ring (bicyclic) bond motifs is 1. The fraction of sp³-hybridized carbons (Fsp3) is 0.250. The summed E-state index contributed by atoms with van der Waals surface area (Å²) in [5, 5.41) is 5.07. The minimum atomic E-state index is -4.00. The highest BCUT2D eigenvalue weighted by Crippen LogP contribution is 2.23. The maximum Gasteiger partial charge on any atom is 0.243 e. The quantitative estimate of drug-likeness (QED) is 0.243. The zero-order chi connectivity index (χ0) is 29.4. The second kappa shape index (κ2) is 13.8. The van der Waals surface area contributed by atoms with Gasteiger partial charge in [-0.15, -0.1) is 0 Å². The van der Waals surface area contributed by atoms with Crippen LogP contribution < -0.4 is 5.32 Å². The average molecular weight is 592 g/mol. The molecule has 0 heterocycles. The first kappa shape index (κ1) is 30.2. The van der Waals surface area contributed by atoms with Crippen LogP contribution in [0.2, 0.25) is 5.02 Å². The maximum absolute atomic E-state index is 14.0. The van der Waals surface area contributed by atoms with Crippen LogP contribution in [0, 0.1) is 0 Å². The predicted molar refractivity (Wildman–Crippen MR) is 163 cm³/mol. The molecule has 1 atom stereocenters. The van der Waals surface area contributed by atoms with E-state index >= 15 is 0 Å². The third-order valence-corrected chi connectivity index (χ3v) is 9.07. The zero-order valence-corrected chi connectivity index (χ0v) is 24.7. The molecule has 2 amide bonds. The summed E-state index contributed by atoms with van der Waals surface area (Å²) >= 11 is 6.46. The molecule has 0 aliphatic heterocycles. The van der Waals surface area contributed by atoms with E-state index < -0.39 is 28.5 Å². The lowest BCUT2D eigenvalue weighted by molar-refractivity contribution is -0.141. The van der Waals surface area contributed by atoms with E-state index in [9.17, 15) is 18.0 Å². The number of carbonyl (C=O) groups is 2. The Morgan fingerprint density at radius 2 is 1.54 bits per heavy atom. The normalized spacial score (nSPS) is 12.3. The van der Waals surface area contributed by atoms with E-state index in [1.165, 1.54) is 18.0 Å². The van der Waals surface area contributed by atoms with Crippen molar-refractivity contribution in [3.8, 4) is 0 Å². The van der Waals surface area contributed by atoms with Gasteiger partial charge in [0.25, 0.3) is 0 Å². The SMILES string of the molecule is CCCNC(=O)[C@H](Cc1ccccc1)N(Cc1ccccc1Cl)C(=O)CN(C)S(=O)(=O)c1ccc2ccccc2c1. The molecule has 0 unspecified atom stereocenters. The molecule has 0 radical (unpaired) electrons. The van der Waals surface area contributed by atoms with Gasteiger partial charge in [0.1, 0.15) is 6.04 Å². The molecule has 1 N–H and O–H groups in total. The standard InChI is InChI=1S/C32H34ClN3O4S/c1-3-19-34-32(38)30(20-24-11-5-4-6-12-24)36(22-27-15-9-10-16-29(27)33)31(37)23-35(2)41(39,40)28-18-17-25-13-7-8-14-26(25)21-28/h4-18,21,30H,3,19-20,22-23H2,1-2H3,(H,34,38)/t30-/m0/s1. The molecule has 41 heavy (non-hydrogen) atoms. The molecule has 0 aliphatic carbocycles. The lowest BCUT2D eigenvalue weighted by Gasteiger charge is -2.33. The van der Waals surface area contributed by atoms with Crippen molar-refractivity contribution in [3.63, 3.8) is 0 Å². The van der Waals surface area contributed by atoms with Crippen molar-refractivity contribution in [3.05, 3.63) is 113 Å². The van der Waals surface area contributed by atoms with Gasteiger partial charge < -0.3 is 10.2 Å². The van der Waals surface area contributed by atoms with Gasteiger partial charge in [0.2, 0.25) is 21.8 Å². The lowest BCUT2D eigenvalue weighted by atomic mass is 10.0. The van der Waals surface area contributed by atoms with Crippen LogP contribution in [0.15, 0.2) is 102 Å². The van der Waals surface area contributed by atoms with Crippen LogP contribution in [0.1, 0.15) is 24.5 Å². The minimum Gasteiger partial charge on any atom is -0.354 e. The van der Waals surface area contributed by atoms with E-state index in [4.69, 9.17) is 11.6 Å². The number of hydrogen-bond acceptors (Lipinski definition) is 4. The second-order valence-corrected chi connectivity index (χ2v) is 12.3. The van der Waals surface area contributed by atoms with Gasteiger partial charge in [-0.3, -0.25) is 9.59 Å². The summed E-state index contributed by atoms with van der Waals surface area (Å²) in [6.07, 6.45) is 0.989. The van der Waals surface area contributed by atoms with Crippen LogP contribution in [-0.2, 0) is 32.6 Å². The highest BCUT2D eigenvalue weighted by molar-refractivity contribution is 7.89. The first-order valence-electron chi connectivity index (χ1n) is 13.5. The topological polar surface area (TPSA) is 86.8 Å². The van der Waals surface area contributed by atoms with Crippen molar-refractivity contribution in [2.24, 2.45) is 0 Å². The van der Waals surface area contributed by atoms with E-state index in [1.54, 1.807) is 30.3 Å².